The lowest BCUT2D eigenvalue weighted by Gasteiger charge is -2.12. The van der Waals surface area contributed by atoms with Crippen LogP contribution in [0.2, 0.25) is 0 Å². The van der Waals surface area contributed by atoms with Gasteiger partial charge in [-0.25, -0.2) is 4.52 Å². The lowest BCUT2D eigenvalue weighted by molar-refractivity contribution is 0.101. The fourth-order valence-corrected chi connectivity index (χ4v) is 3.96. The first kappa shape index (κ1) is 20.6. The van der Waals surface area contributed by atoms with Gasteiger partial charge in [-0.2, -0.15) is 4.98 Å². The molecule has 1 amide bonds. The van der Waals surface area contributed by atoms with E-state index in [1.54, 1.807) is 4.57 Å². The van der Waals surface area contributed by atoms with Crippen LogP contribution in [0.5, 0.6) is 0 Å². The van der Waals surface area contributed by atoms with Gasteiger partial charge in [-0.3, -0.25) is 14.2 Å². The lowest BCUT2D eigenvalue weighted by atomic mass is 10.1. The average Bonchev–Trinajstić information content (AvgIpc) is 3.26. The van der Waals surface area contributed by atoms with E-state index in [1.165, 1.54) is 4.52 Å². The fourth-order valence-electron chi connectivity index (χ4n) is 3.96. The first-order valence-corrected chi connectivity index (χ1v) is 10.7. The highest BCUT2D eigenvalue weighted by Crippen LogP contribution is 2.20. The molecule has 0 saturated heterocycles. The van der Waals surface area contributed by atoms with E-state index in [2.05, 4.69) is 15.4 Å². The quantitative estimate of drug-likeness (QED) is 0.455. The summed E-state index contributed by atoms with van der Waals surface area (Å²) in [6.07, 6.45) is 0. The summed E-state index contributed by atoms with van der Waals surface area (Å²) in [7, 11) is 0. The van der Waals surface area contributed by atoms with Gasteiger partial charge >= 0.3 is 0 Å². The van der Waals surface area contributed by atoms with Gasteiger partial charge in [-0.05, 0) is 61.2 Å². The summed E-state index contributed by atoms with van der Waals surface area (Å²) in [4.78, 5) is 30.8. The van der Waals surface area contributed by atoms with Crippen molar-refractivity contribution in [3.8, 4) is 0 Å². The smallest absolute Gasteiger partial charge is 0.296 e. The topological polar surface area (TPSA) is 81.3 Å². The Morgan fingerprint density at radius 3 is 2.52 bits per heavy atom. The van der Waals surface area contributed by atoms with Crippen molar-refractivity contribution in [3.05, 3.63) is 105 Å². The molecule has 2 heterocycles. The minimum atomic E-state index is -0.457. The number of carbonyl (C=O) groups is 1. The van der Waals surface area contributed by atoms with Crippen LogP contribution in [0.25, 0.3) is 16.7 Å². The lowest BCUT2D eigenvalue weighted by Crippen LogP contribution is -2.24. The van der Waals surface area contributed by atoms with Gasteiger partial charge < -0.3 is 5.32 Å². The van der Waals surface area contributed by atoms with E-state index in [4.69, 9.17) is 0 Å². The molecule has 0 spiro atoms. The van der Waals surface area contributed by atoms with Gasteiger partial charge in [0.1, 0.15) is 0 Å². The van der Waals surface area contributed by atoms with Crippen LogP contribution in [0.15, 0.2) is 71.5 Å². The summed E-state index contributed by atoms with van der Waals surface area (Å²) in [6.45, 7) is 6.30. The van der Waals surface area contributed by atoms with Crippen LogP contribution in [-0.2, 0) is 6.54 Å². The van der Waals surface area contributed by atoms with Crippen LogP contribution >= 0.6 is 0 Å². The zero-order valence-corrected chi connectivity index (χ0v) is 18.7. The molecule has 0 aliphatic carbocycles. The number of amides is 1. The molecule has 3 aromatic carbocycles. The Hall–Kier alpha value is -4.26. The highest BCUT2D eigenvalue weighted by molar-refractivity contribution is 6.02. The highest BCUT2D eigenvalue weighted by atomic mass is 16.2. The van der Waals surface area contributed by atoms with Crippen molar-refractivity contribution in [2.45, 2.75) is 27.3 Å². The third kappa shape index (κ3) is 3.67. The number of aromatic nitrogens is 4. The number of benzene rings is 3. The number of fused-ring (bicyclic) bond motifs is 3. The molecule has 0 fully saturated rings. The molecule has 5 rings (SSSR count). The van der Waals surface area contributed by atoms with Crippen LogP contribution in [0.1, 0.15) is 32.9 Å². The van der Waals surface area contributed by atoms with Gasteiger partial charge in [0.05, 0.1) is 17.6 Å². The van der Waals surface area contributed by atoms with Crippen molar-refractivity contribution >= 4 is 28.3 Å². The molecular formula is C26H23N5O2. The van der Waals surface area contributed by atoms with Crippen LogP contribution in [-0.4, -0.2) is 25.1 Å². The molecule has 0 radical (unpaired) electrons. The highest BCUT2D eigenvalue weighted by Gasteiger charge is 2.20. The zero-order valence-electron chi connectivity index (χ0n) is 18.7. The normalized spacial score (nSPS) is 11.2. The molecule has 0 bridgehead atoms. The number of nitrogens with one attached hydrogen (secondary N) is 1. The first-order valence-electron chi connectivity index (χ1n) is 10.7. The Balaban J connectivity index is 1.65. The second kappa shape index (κ2) is 8.02. The number of nitrogens with zero attached hydrogens (tertiary/aromatic N) is 4. The summed E-state index contributed by atoms with van der Waals surface area (Å²) in [5.74, 6) is -0.506. The van der Waals surface area contributed by atoms with E-state index >= 15 is 0 Å². The van der Waals surface area contributed by atoms with Crippen LogP contribution in [0.4, 0.5) is 5.69 Å². The van der Waals surface area contributed by atoms with Crippen molar-refractivity contribution in [3.63, 3.8) is 0 Å². The zero-order chi connectivity index (χ0) is 23.1. The minimum Gasteiger partial charge on any atom is -0.319 e. The molecule has 33 heavy (non-hydrogen) atoms. The number of anilines is 1. The molecule has 7 heteroatoms. The van der Waals surface area contributed by atoms with Gasteiger partial charge in [0.2, 0.25) is 11.5 Å². The minimum absolute atomic E-state index is 0.0488. The molecule has 0 saturated carbocycles. The van der Waals surface area contributed by atoms with Crippen LogP contribution in [0.3, 0.4) is 0 Å². The monoisotopic (exact) mass is 437 g/mol. The largest absolute Gasteiger partial charge is 0.319 e. The number of hydrogen-bond donors (Lipinski definition) is 1. The Morgan fingerprint density at radius 2 is 1.73 bits per heavy atom. The van der Waals surface area contributed by atoms with E-state index < -0.39 is 5.91 Å². The Morgan fingerprint density at radius 1 is 0.939 bits per heavy atom. The van der Waals surface area contributed by atoms with Crippen LogP contribution in [0, 0.1) is 20.8 Å². The van der Waals surface area contributed by atoms with Crippen molar-refractivity contribution < 1.29 is 4.79 Å². The molecule has 0 atom stereocenters. The summed E-state index contributed by atoms with van der Waals surface area (Å²) < 4.78 is 3.16. The Bertz CT molecular complexity index is 1580. The second-order valence-corrected chi connectivity index (χ2v) is 8.24. The Kier molecular flexibility index (Phi) is 5.01. The van der Waals surface area contributed by atoms with E-state index in [9.17, 15) is 9.59 Å². The molecule has 2 aromatic heterocycles. The van der Waals surface area contributed by atoms with E-state index in [0.29, 0.717) is 17.7 Å². The molecule has 0 aliphatic rings. The van der Waals surface area contributed by atoms with Gasteiger partial charge in [-0.1, -0.05) is 48.5 Å². The third-order valence-corrected chi connectivity index (χ3v) is 5.93. The molecule has 164 valence electrons. The van der Waals surface area contributed by atoms with Gasteiger partial charge in [0.15, 0.2) is 0 Å². The first-order chi connectivity index (χ1) is 15.9. The Labute approximate surface area is 190 Å². The third-order valence-electron chi connectivity index (χ3n) is 5.93. The number of carbonyl (C=O) groups excluding carboxylic acids is 1. The van der Waals surface area contributed by atoms with Gasteiger partial charge in [0, 0.05) is 5.69 Å². The number of aryl methyl sites for hydroxylation is 2. The molecular weight excluding hydrogens is 414 g/mol. The van der Waals surface area contributed by atoms with Crippen LogP contribution < -0.4 is 10.9 Å². The summed E-state index contributed by atoms with van der Waals surface area (Å²) in [6, 6.07) is 21.3. The van der Waals surface area contributed by atoms with E-state index in [-0.39, 0.29) is 17.0 Å². The SMILES string of the molecule is Cc1ccc2c(c1)n(Cc1ccccc1)c(=O)c1nc(C(=O)Nc3cccc(C)c3C)nn12. The molecule has 0 aliphatic heterocycles. The average molecular weight is 438 g/mol. The molecule has 1 N–H and O–H groups in total. The second-order valence-electron chi connectivity index (χ2n) is 8.24. The summed E-state index contributed by atoms with van der Waals surface area (Å²) in [5, 5.41) is 7.28. The maximum absolute atomic E-state index is 13.5. The maximum atomic E-state index is 13.5. The predicted molar refractivity (Wildman–Crippen MR) is 129 cm³/mol. The molecule has 5 aromatic rings. The number of rotatable bonds is 4. The standard InChI is InChI=1S/C26H23N5O2/c1-16-12-13-21-22(14-16)30(15-19-9-5-4-6-10-19)26(33)24-28-23(29-31(21)24)25(32)27-20-11-7-8-17(2)18(20)3/h4-14H,15H2,1-3H3,(H,27,32). The van der Waals surface area contributed by atoms with Crippen molar-refractivity contribution in [1.29, 1.82) is 0 Å². The van der Waals surface area contributed by atoms with Crippen molar-refractivity contribution in [1.82, 2.24) is 19.2 Å². The fraction of sp³-hybridized carbons (Fsp3) is 0.154. The molecule has 7 nitrogen and oxygen atoms in total. The van der Waals surface area contributed by atoms with Gasteiger partial charge in [-0.15, -0.1) is 5.10 Å². The summed E-state index contributed by atoms with van der Waals surface area (Å²) >= 11 is 0. The maximum Gasteiger partial charge on any atom is 0.296 e. The predicted octanol–water partition coefficient (Wildman–Crippen LogP) is 4.27. The summed E-state index contributed by atoms with van der Waals surface area (Å²) in [5.41, 5.74) is 6.04. The number of hydrogen-bond acceptors (Lipinski definition) is 4. The van der Waals surface area contributed by atoms with Crippen molar-refractivity contribution in [2.24, 2.45) is 0 Å². The van der Waals surface area contributed by atoms with E-state index in [1.807, 2.05) is 87.5 Å². The van der Waals surface area contributed by atoms with Crippen molar-refractivity contribution in [2.75, 3.05) is 5.32 Å². The van der Waals surface area contributed by atoms with Gasteiger partial charge in [0.25, 0.3) is 11.5 Å². The molecule has 0 unspecified atom stereocenters. The van der Waals surface area contributed by atoms with E-state index in [0.717, 1.165) is 27.8 Å².